The smallest absolute Gasteiger partial charge is 0.336 e. The molecule has 32 heavy (non-hydrogen) atoms. The highest BCUT2D eigenvalue weighted by atomic mass is 35.5. The minimum atomic E-state index is -0.440. The minimum absolute atomic E-state index is 0. The molecule has 5 heterocycles. The number of likely N-dealkylation sites (tertiary alicyclic amines) is 1. The van der Waals surface area contributed by atoms with Crippen LogP contribution in [0.4, 0.5) is 0 Å². The fraction of sp³-hybridized carbons (Fsp3) is 0.333. The summed E-state index contributed by atoms with van der Waals surface area (Å²) in [5.41, 5.74) is 3.40. The molecule has 0 radical (unpaired) electrons. The summed E-state index contributed by atoms with van der Waals surface area (Å²) >= 11 is 0. The van der Waals surface area contributed by atoms with E-state index in [2.05, 4.69) is 9.88 Å². The number of piperidine rings is 1. The Morgan fingerprint density at radius 3 is 2.56 bits per heavy atom. The molecule has 0 bridgehead atoms. The number of aromatic nitrogens is 1. The number of rotatable bonds is 3. The van der Waals surface area contributed by atoms with Crippen LogP contribution in [0.15, 0.2) is 44.1 Å². The molecular weight excluding hydrogens is 432 g/mol. The Bertz CT molecular complexity index is 1370. The normalized spacial score (nSPS) is 15.9. The molecule has 166 valence electrons. The first-order valence-electron chi connectivity index (χ1n) is 10.6. The Hall–Kier alpha value is -3.03. The van der Waals surface area contributed by atoms with Crippen LogP contribution in [-0.2, 0) is 6.54 Å². The van der Waals surface area contributed by atoms with Crippen molar-refractivity contribution in [1.29, 1.82) is 0 Å². The largest absolute Gasteiger partial charge is 0.454 e. The molecule has 6 rings (SSSR count). The van der Waals surface area contributed by atoms with Crippen LogP contribution in [-0.4, -0.2) is 29.8 Å². The number of fused-ring (bicyclic) bond motifs is 3. The summed E-state index contributed by atoms with van der Waals surface area (Å²) < 4.78 is 22.6. The number of hydrogen-bond donors (Lipinski definition) is 0. The predicted octanol–water partition coefficient (Wildman–Crippen LogP) is 5.05. The van der Waals surface area contributed by atoms with E-state index >= 15 is 0 Å². The molecule has 4 aromatic rings. The molecule has 1 aromatic carbocycles. The van der Waals surface area contributed by atoms with Gasteiger partial charge in [0.2, 0.25) is 6.79 Å². The van der Waals surface area contributed by atoms with Gasteiger partial charge in [0, 0.05) is 41.2 Å². The fourth-order valence-corrected chi connectivity index (χ4v) is 4.57. The van der Waals surface area contributed by atoms with Gasteiger partial charge >= 0.3 is 5.63 Å². The summed E-state index contributed by atoms with van der Waals surface area (Å²) in [6.45, 7) is 5.16. The van der Waals surface area contributed by atoms with E-state index in [1.807, 2.05) is 25.3 Å². The van der Waals surface area contributed by atoms with Gasteiger partial charge in [0.15, 0.2) is 17.1 Å². The highest BCUT2D eigenvalue weighted by Gasteiger charge is 2.21. The van der Waals surface area contributed by atoms with Crippen LogP contribution in [0.1, 0.15) is 30.5 Å². The third-order valence-corrected chi connectivity index (χ3v) is 6.17. The van der Waals surface area contributed by atoms with Gasteiger partial charge < -0.3 is 18.3 Å². The zero-order valence-corrected chi connectivity index (χ0v) is 18.5. The van der Waals surface area contributed by atoms with Gasteiger partial charge in [-0.3, -0.25) is 9.88 Å². The first-order chi connectivity index (χ1) is 15.2. The third kappa shape index (κ3) is 3.51. The van der Waals surface area contributed by atoms with E-state index in [9.17, 15) is 4.79 Å². The lowest BCUT2D eigenvalue weighted by molar-refractivity contribution is 0.174. The molecule has 2 aliphatic rings. The molecule has 0 saturated carbocycles. The van der Waals surface area contributed by atoms with Gasteiger partial charge in [-0.25, -0.2) is 4.79 Å². The van der Waals surface area contributed by atoms with Crippen molar-refractivity contribution in [2.24, 2.45) is 0 Å². The molecule has 1 fully saturated rings. The van der Waals surface area contributed by atoms with Gasteiger partial charge in [0.05, 0.1) is 5.69 Å². The van der Waals surface area contributed by atoms with E-state index in [4.69, 9.17) is 18.3 Å². The number of furan rings is 1. The molecule has 0 unspecified atom stereocenters. The van der Waals surface area contributed by atoms with Crippen LogP contribution in [0.2, 0.25) is 0 Å². The number of ether oxygens (including phenoxy) is 2. The Morgan fingerprint density at radius 2 is 1.75 bits per heavy atom. The lowest BCUT2D eigenvalue weighted by Crippen LogP contribution is -2.29. The van der Waals surface area contributed by atoms with Crippen molar-refractivity contribution in [2.45, 2.75) is 32.7 Å². The van der Waals surface area contributed by atoms with E-state index in [0.29, 0.717) is 28.4 Å². The fourth-order valence-electron chi connectivity index (χ4n) is 4.57. The topological polar surface area (TPSA) is 77.9 Å². The van der Waals surface area contributed by atoms with Crippen LogP contribution in [0.25, 0.3) is 33.3 Å². The van der Waals surface area contributed by atoms with Crippen molar-refractivity contribution in [3.8, 4) is 22.8 Å². The molecule has 0 aliphatic carbocycles. The maximum atomic E-state index is 12.3. The second-order valence-corrected chi connectivity index (χ2v) is 8.24. The van der Waals surface area contributed by atoms with Crippen molar-refractivity contribution in [3.63, 3.8) is 0 Å². The first-order valence-corrected chi connectivity index (χ1v) is 10.6. The SMILES string of the molecule is Cc1ncc(CN2CCCCC2)c2cc(-c3cc(=O)oc4cc5c(cc34)OCO5)oc12.Cl. The zero-order chi connectivity index (χ0) is 20.9. The molecule has 8 heteroatoms. The quantitative estimate of drug-likeness (QED) is 0.401. The van der Waals surface area contributed by atoms with E-state index in [-0.39, 0.29) is 19.2 Å². The molecule has 0 spiro atoms. The van der Waals surface area contributed by atoms with Crippen LogP contribution >= 0.6 is 12.4 Å². The van der Waals surface area contributed by atoms with Crippen LogP contribution in [0.3, 0.4) is 0 Å². The van der Waals surface area contributed by atoms with E-state index in [1.165, 1.54) is 25.3 Å². The maximum absolute atomic E-state index is 12.3. The van der Waals surface area contributed by atoms with Gasteiger partial charge in [0.25, 0.3) is 0 Å². The van der Waals surface area contributed by atoms with E-state index < -0.39 is 5.63 Å². The van der Waals surface area contributed by atoms with Gasteiger partial charge in [-0.15, -0.1) is 12.4 Å². The number of halogens is 1. The molecule has 0 amide bonds. The summed E-state index contributed by atoms with van der Waals surface area (Å²) in [4.78, 5) is 19.3. The van der Waals surface area contributed by atoms with Crippen molar-refractivity contribution < 1.29 is 18.3 Å². The summed E-state index contributed by atoms with van der Waals surface area (Å²) in [7, 11) is 0. The summed E-state index contributed by atoms with van der Waals surface area (Å²) in [5, 5.41) is 1.78. The number of pyridine rings is 1. The Kier molecular flexibility index (Phi) is 5.31. The molecule has 7 nitrogen and oxygen atoms in total. The van der Waals surface area contributed by atoms with Crippen molar-refractivity contribution in [1.82, 2.24) is 9.88 Å². The van der Waals surface area contributed by atoms with Crippen molar-refractivity contribution in [2.75, 3.05) is 19.9 Å². The van der Waals surface area contributed by atoms with Crippen LogP contribution < -0.4 is 15.1 Å². The van der Waals surface area contributed by atoms with Gasteiger partial charge in [-0.05, 0) is 50.6 Å². The third-order valence-electron chi connectivity index (χ3n) is 6.17. The molecule has 2 aliphatic heterocycles. The number of aryl methyl sites for hydroxylation is 1. The number of nitrogens with zero attached hydrogens (tertiary/aromatic N) is 2. The second kappa shape index (κ2) is 8.15. The highest BCUT2D eigenvalue weighted by Crippen LogP contribution is 2.40. The zero-order valence-electron chi connectivity index (χ0n) is 17.7. The lowest BCUT2D eigenvalue weighted by atomic mass is 10.1. The summed E-state index contributed by atoms with van der Waals surface area (Å²) in [6, 6.07) is 7.01. The van der Waals surface area contributed by atoms with Gasteiger partial charge in [-0.1, -0.05) is 6.42 Å². The molecule has 0 atom stereocenters. The summed E-state index contributed by atoms with van der Waals surface area (Å²) in [6.07, 6.45) is 5.72. The monoisotopic (exact) mass is 454 g/mol. The maximum Gasteiger partial charge on any atom is 0.336 e. The first kappa shape index (κ1) is 20.8. The Balaban J connectivity index is 0.00000216. The standard InChI is InChI=1S/C24H22N2O5.ClH/c1-14-24-16(15(11-25-14)12-26-5-3-2-4-6-26)7-19(31-24)18-9-23(27)30-20-10-22-21(8-17(18)20)28-13-29-22;/h7-11H,2-6,12-13H2,1H3;1H. The molecule has 0 N–H and O–H groups in total. The van der Waals surface area contributed by atoms with Gasteiger partial charge in [-0.2, -0.15) is 0 Å². The lowest BCUT2D eigenvalue weighted by Gasteiger charge is -2.26. The highest BCUT2D eigenvalue weighted by molar-refractivity contribution is 5.97. The number of hydrogen-bond acceptors (Lipinski definition) is 7. The minimum Gasteiger partial charge on any atom is -0.454 e. The van der Waals surface area contributed by atoms with Crippen LogP contribution in [0.5, 0.6) is 11.5 Å². The summed E-state index contributed by atoms with van der Waals surface area (Å²) in [5.74, 6) is 1.81. The second-order valence-electron chi connectivity index (χ2n) is 8.24. The Labute approximate surface area is 190 Å². The molecular formula is C24H23ClN2O5. The van der Waals surface area contributed by atoms with E-state index in [0.717, 1.165) is 47.2 Å². The van der Waals surface area contributed by atoms with Crippen molar-refractivity contribution >= 4 is 34.3 Å². The van der Waals surface area contributed by atoms with Crippen molar-refractivity contribution in [3.05, 3.63) is 52.1 Å². The predicted molar refractivity (Wildman–Crippen MR) is 123 cm³/mol. The van der Waals surface area contributed by atoms with Crippen LogP contribution in [0, 0.1) is 6.92 Å². The molecule has 1 saturated heterocycles. The average molecular weight is 455 g/mol. The van der Waals surface area contributed by atoms with E-state index in [1.54, 1.807) is 6.07 Å². The molecule has 3 aromatic heterocycles. The Morgan fingerprint density at radius 1 is 0.969 bits per heavy atom. The number of benzene rings is 1. The average Bonchev–Trinajstić information content (AvgIpc) is 3.42. The van der Waals surface area contributed by atoms with Gasteiger partial charge in [0.1, 0.15) is 11.3 Å².